The van der Waals surface area contributed by atoms with Crippen LogP contribution < -0.4 is 5.73 Å². The molecule has 0 aromatic carbocycles. The number of amides is 1. The molecule has 0 unspecified atom stereocenters. The van der Waals surface area contributed by atoms with Crippen molar-refractivity contribution in [1.82, 2.24) is 14.8 Å². The van der Waals surface area contributed by atoms with Gasteiger partial charge in [0.05, 0.1) is 10.6 Å². The third kappa shape index (κ3) is 4.36. The average Bonchev–Trinajstić information content (AvgIpc) is 3.19. The molecule has 1 amide bonds. The second-order valence-corrected chi connectivity index (χ2v) is 7.17. The molecule has 0 radical (unpaired) electrons. The molecular weight excluding hydrogens is 346 g/mol. The SMILES string of the molecule is N=C(/C=C\N)N(C(=O)c1cccs1)C1CCN(Cc2ccccn2)CC1. The van der Waals surface area contributed by atoms with Crippen LogP contribution in [0.4, 0.5) is 0 Å². The zero-order valence-corrected chi connectivity index (χ0v) is 15.4. The van der Waals surface area contributed by atoms with E-state index in [1.165, 1.54) is 23.6 Å². The molecule has 0 aliphatic carbocycles. The summed E-state index contributed by atoms with van der Waals surface area (Å²) >= 11 is 1.40. The standard InChI is InChI=1S/C19H23N5OS/c20-9-6-18(21)24(19(25)17-5-3-13-26-17)16-7-11-23(12-8-16)14-15-4-1-2-10-22-15/h1-6,9-10,13,16,21H,7-8,11-12,14,20H2/b9-6-,21-18?. The number of pyridine rings is 1. The minimum atomic E-state index is -0.119. The van der Waals surface area contributed by atoms with Crippen molar-refractivity contribution in [2.24, 2.45) is 5.73 Å². The third-order valence-corrected chi connectivity index (χ3v) is 5.36. The zero-order chi connectivity index (χ0) is 18.4. The van der Waals surface area contributed by atoms with Crippen molar-refractivity contribution in [3.63, 3.8) is 0 Å². The lowest BCUT2D eigenvalue weighted by Gasteiger charge is -2.37. The summed E-state index contributed by atoms with van der Waals surface area (Å²) in [5.74, 6) is 0.0281. The van der Waals surface area contributed by atoms with Gasteiger partial charge in [-0.25, -0.2) is 0 Å². The summed E-state index contributed by atoms with van der Waals surface area (Å²) in [6.07, 6.45) is 6.25. The molecule has 3 heterocycles. The number of nitrogens with two attached hydrogens (primary N) is 1. The Kier molecular flexibility index (Phi) is 6.14. The van der Waals surface area contributed by atoms with Crippen LogP contribution in [0, 0.1) is 5.41 Å². The lowest BCUT2D eigenvalue weighted by Crippen LogP contribution is -2.49. The number of nitrogens with one attached hydrogen (secondary N) is 1. The van der Waals surface area contributed by atoms with E-state index in [1.807, 2.05) is 35.8 Å². The van der Waals surface area contributed by atoms with Gasteiger partial charge in [-0.3, -0.25) is 25.0 Å². The lowest BCUT2D eigenvalue weighted by atomic mass is 10.0. The van der Waals surface area contributed by atoms with E-state index < -0.39 is 0 Å². The molecule has 6 nitrogen and oxygen atoms in total. The van der Waals surface area contributed by atoms with Crippen molar-refractivity contribution in [3.05, 3.63) is 64.8 Å². The van der Waals surface area contributed by atoms with Crippen LogP contribution in [-0.4, -0.2) is 45.7 Å². The molecular formula is C19H23N5OS. The van der Waals surface area contributed by atoms with Crippen LogP contribution in [0.5, 0.6) is 0 Å². The molecule has 1 aliphatic rings. The summed E-state index contributed by atoms with van der Waals surface area (Å²) in [5, 5.41) is 10.1. The number of carbonyl (C=O) groups is 1. The maximum atomic E-state index is 12.9. The molecule has 26 heavy (non-hydrogen) atoms. The highest BCUT2D eigenvalue weighted by molar-refractivity contribution is 7.12. The van der Waals surface area contributed by atoms with E-state index in [4.69, 9.17) is 11.1 Å². The Labute approximate surface area is 157 Å². The third-order valence-electron chi connectivity index (χ3n) is 4.50. The molecule has 2 aromatic heterocycles. The van der Waals surface area contributed by atoms with Crippen molar-refractivity contribution in [1.29, 1.82) is 5.41 Å². The number of hydrogen-bond donors (Lipinski definition) is 2. The number of carbonyl (C=O) groups excluding carboxylic acids is 1. The first-order chi connectivity index (χ1) is 12.7. The van der Waals surface area contributed by atoms with Gasteiger partial charge in [0.2, 0.25) is 0 Å². The molecule has 0 saturated carbocycles. The number of nitrogens with zero attached hydrogens (tertiary/aromatic N) is 3. The Balaban J connectivity index is 1.67. The highest BCUT2D eigenvalue weighted by atomic mass is 32.1. The summed E-state index contributed by atoms with van der Waals surface area (Å²) in [6.45, 7) is 2.55. The summed E-state index contributed by atoms with van der Waals surface area (Å²) < 4.78 is 0. The second kappa shape index (κ2) is 8.73. The number of amidine groups is 1. The van der Waals surface area contributed by atoms with Crippen molar-refractivity contribution < 1.29 is 4.79 Å². The van der Waals surface area contributed by atoms with Crippen LogP contribution in [-0.2, 0) is 6.54 Å². The molecule has 0 bridgehead atoms. The van der Waals surface area contributed by atoms with Gasteiger partial charge in [0.25, 0.3) is 5.91 Å². The van der Waals surface area contributed by atoms with E-state index in [0.29, 0.717) is 4.88 Å². The van der Waals surface area contributed by atoms with Crippen molar-refractivity contribution in [3.8, 4) is 0 Å². The smallest absolute Gasteiger partial charge is 0.269 e. The van der Waals surface area contributed by atoms with E-state index in [0.717, 1.165) is 38.2 Å². The predicted molar refractivity (Wildman–Crippen MR) is 104 cm³/mol. The van der Waals surface area contributed by atoms with E-state index in [2.05, 4.69) is 9.88 Å². The highest BCUT2D eigenvalue weighted by Crippen LogP contribution is 2.22. The van der Waals surface area contributed by atoms with Crippen LogP contribution in [0.15, 0.2) is 54.2 Å². The Hall–Kier alpha value is -2.51. The minimum Gasteiger partial charge on any atom is -0.404 e. The van der Waals surface area contributed by atoms with Crippen LogP contribution in [0.25, 0.3) is 0 Å². The van der Waals surface area contributed by atoms with E-state index >= 15 is 0 Å². The normalized spacial score (nSPS) is 16.0. The van der Waals surface area contributed by atoms with Gasteiger partial charge < -0.3 is 5.73 Å². The van der Waals surface area contributed by atoms with Gasteiger partial charge in [-0.15, -0.1) is 11.3 Å². The first-order valence-corrected chi connectivity index (χ1v) is 9.53. The quantitative estimate of drug-likeness (QED) is 0.627. The fourth-order valence-electron chi connectivity index (χ4n) is 3.22. The highest BCUT2D eigenvalue weighted by Gasteiger charge is 2.31. The van der Waals surface area contributed by atoms with Gasteiger partial charge in [0, 0.05) is 31.9 Å². The van der Waals surface area contributed by atoms with E-state index in [-0.39, 0.29) is 17.8 Å². The van der Waals surface area contributed by atoms with Gasteiger partial charge in [0.1, 0.15) is 5.84 Å². The molecule has 1 saturated heterocycles. The summed E-state index contributed by atoms with van der Waals surface area (Å²) in [6, 6.07) is 9.61. The molecule has 1 fully saturated rings. The Morgan fingerprint density at radius 2 is 2.15 bits per heavy atom. The predicted octanol–water partition coefficient (Wildman–Crippen LogP) is 2.70. The average molecular weight is 369 g/mol. The maximum absolute atomic E-state index is 12.9. The number of rotatable bonds is 5. The molecule has 0 atom stereocenters. The van der Waals surface area contributed by atoms with E-state index in [1.54, 1.807) is 11.0 Å². The van der Waals surface area contributed by atoms with Gasteiger partial charge >= 0.3 is 0 Å². The van der Waals surface area contributed by atoms with Crippen molar-refractivity contribution in [2.75, 3.05) is 13.1 Å². The summed E-state index contributed by atoms with van der Waals surface area (Å²) in [7, 11) is 0. The summed E-state index contributed by atoms with van der Waals surface area (Å²) in [5.41, 5.74) is 6.50. The Bertz CT molecular complexity index is 752. The lowest BCUT2D eigenvalue weighted by molar-refractivity contribution is 0.0734. The summed E-state index contributed by atoms with van der Waals surface area (Å²) in [4.78, 5) is 21.9. The number of piperidine rings is 1. The Morgan fingerprint density at radius 3 is 2.77 bits per heavy atom. The monoisotopic (exact) mass is 369 g/mol. The fraction of sp³-hybridized carbons (Fsp3) is 0.316. The minimum absolute atomic E-state index is 0.00767. The van der Waals surface area contributed by atoms with Crippen LogP contribution in [0.2, 0.25) is 0 Å². The number of hydrogen-bond acceptors (Lipinski definition) is 6. The van der Waals surface area contributed by atoms with Crippen molar-refractivity contribution >= 4 is 23.1 Å². The second-order valence-electron chi connectivity index (χ2n) is 6.23. The first-order valence-electron chi connectivity index (χ1n) is 8.65. The Morgan fingerprint density at radius 1 is 1.35 bits per heavy atom. The van der Waals surface area contributed by atoms with Crippen LogP contribution >= 0.6 is 11.3 Å². The largest absolute Gasteiger partial charge is 0.404 e. The van der Waals surface area contributed by atoms with E-state index in [9.17, 15) is 4.79 Å². The van der Waals surface area contributed by atoms with Gasteiger partial charge in [-0.1, -0.05) is 12.1 Å². The molecule has 7 heteroatoms. The van der Waals surface area contributed by atoms with Crippen molar-refractivity contribution in [2.45, 2.75) is 25.4 Å². The first kappa shape index (κ1) is 18.3. The number of aromatic nitrogens is 1. The van der Waals surface area contributed by atoms with Crippen LogP contribution in [0.3, 0.4) is 0 Å². The topological polar surface area (TPSA) is 86.3 Å². The van der Waals surface area contributed by atoms with Gasteiger partial charge in [-0.05, 0) is 48.7 Å². The fourth-order valence-corrected chi connectivity index (χ4v) is 3.88. The molecule has 2 aromatic rings. The van der Waals surface area contributed by atoms with Gasteiger partial charge in [-0.2, -0.15) is 0 Å². The zero-order valence-electron chi connectivity index (χ0n) is 14.5. The van der Waals surface area contributed by atoms with Gasteiger partial charge in [0.15, 0.2) is 0 Å². The number of likely N-dealkylation sites (tertiary alicyclic amines) is 1. The number of thiophene rings is 1. The molecule has 136 valence electrons. The molecule has 1 aliphatic heterocycles. The molecule has 3 rings (SSSR count). The van der Waals surface area contributed by atoms with Crippen LogP contribution in [0.1, 0.15) is 28.2 Å². The maximum Gasteiger partial charge on any atom is 0.269 e. The molecule has 3 N–H and O–H groups in total. The molecule has 0 spiro atoms.